The monoisotopic (exact) mass is 425 g/mol. The number of hydrogen-bond acceptors (Lipinski definition) is 6. The van der Waals surface area contributed by atoms with Crippen LogP contribution in [-0.2, 0) is 17.1 Å². The number of carbonyl (C=O) groups excluding carboxylic acids is 1. The van der Waals surface area contributed by atoms with Crippen LogP contribution in [-0.4, -0.2) is 34.5 Å². The third-order valence-corrected chi connectivity index (χ3v) is 5.73. The Morgan fingerprint density at radius 2 is 2.03 bits per heavy atom. The molecule has 0 amide bonds. The molecule has 2 heterocycles. The lowest BCUT2D eigenvalue weighted by molar-refractivity contribution is 0.103. The lowest BCUT2D eigenvalue weighted by Gasteiger charge is -2.11. The zero-order chi connectivity index (χ0) is 21.5. The van der Waals surface area contributed by atoms with Crippen molar-refractivity contribution in [1.29, 1.82) is 0 Å². The predicted octanol–water partition coefficient (Wildman–Crippen LogP) is 1.50. The van der Waals surface area contributed by atoms with Crippen LogP contribution in [0, 0.1) is 11.6 Å². The largest absolute Gasteiger partial charge is 0.369 e. The molecule has 0 saturated heterocycles. The van der Waals surface area contributed by atoms with Crippen LogP contribution in [0.3, 0.4) is 0 Å². The first-order chi connectivity index (χ1) is 13.6. The molecule has 3 rings (SSSR count). The van der Waals surface area contributed by atoms with Gasteiger partial charge in [-0.2, -0.15) is 4.98 Å². The molecule has 0 spiro atoms. The first-order valence-electron chi connectivity index (χ1n) is 8.44. The molecule has 9 nitrogen and oxygen atoms in total. The number of aromatic amines is 1. The minimum absolute atomic E-state index is 0.0189. The summed E-state index contributed by atoms with van der Waals surface area (Å²) in [6, 6.07) is 1.65. The quantitative estimate of drug-likeness (QED) is 0.512. The van der Waals surface area contributed by atoms with Crippen LogP contribution in [0.5, 0.6) is 0 Å². The molecule has 4 N–H and O–H groups in total. The fraction of sp³-hybridized carbons (Fsp3) is 0.235. The van der Waals surface area contributed by atoms with Crippen molar-refractivity contribution < 1.29 is 22.0 Å². The summed E-state index contributed by atoms with van der Waals surface area (Å²) in [4.78, 5) is 31.8. The number of carbonyl (C=O) groups is 1. The van der Waals surface area contributed by atoms with Crippen LogP contribution in [0.4, 0.5) is 20.4 Å². The number of fused-ring (bicyclic) bond motifs is 1. The van der Waals surface area contributed by atoms with E-state index in [1.807, 2.05) is 4.72 Å². The minimum atomic E-state index is -3.88. The van der Waals surface area contributed by atoms with Crippen molar-refractivity contribution in [3.8, 4) is 0 Å². The van der Waals surface area contributed by atoms with Crippen LogP contribution in [0.2, 0.25) is 0 Å². The van der Waals surface area contributed by atoms with Gasteiger partial charge in [0.1, 0.15) is 11.5 Å². The number of ketones is 1. The Labute approximate surface area is 163 Å². The molecule has 12 heteroatoms. The van der Waals surface area contributed by atoms with Gasteiger partial charge in [-0.15, -0.1) is 0 Å². The van der Waals surface area contributed by atoms with Crippen LogP contribution in [0.1, 0.15) is 29.3 Å². The maximum absolute atomic E-state index is 14.9. The molecule has 1 aromatic carbocycles. The van der Waals surface area contributed by atoms with E-state index in [9.17, 15) is 26.8 Å². The number of nitrogens with zero attached hydrogens (tertiary/aromatic N) is 2. The van der Waals surface area contributed by atoms with Crippen molar-refractivity contribution >= 4 is 38.5 Å². The van der Waals surface area contributed by atoms with Gasteiger partial charge >= 0.3 is 0 Å². The lowest BCUT2D eigenvalue weighted by Crippen LogP contribution is -2.23. The Bertz CT molecular complexity index is 1300. The number of nitrogens with one attached hydrogen (secondary N) is 2. The van der Waals surface area contributed by atoms with Gasteiger partial charge in [0.05, 0.1) is 28.0 Å². The molecule has 0 radical (unpaired) electrons. The molecular weight excluding hydrogens is 408 g/mol. The molecule has 0 unspecified atom stereocenters. The third kappa shape index (κ3) is 3.58. The highest BCUT2D eigenvalue weighted by atomic mass is 32.2. The molecule has 2 aromatic heterocycles. The molecule has 29 heavy (non-hydrogen) atoms. The van der Waals surface area contributed by atoms with Crippen molar-refractivity contribution in [3.05, 3.63) is 51.4 Å². The topological polar surface area (TPSA) is 140 Å². The second-order valence-corrected chi connectivity index (χ2v) is 8.14. The second kappa shape index (κ2) is 7.28. The molecule has 0 aliphatic heterocycles. The van der Waals surface area contributed by atoms with Crippen LogP contribution in [0.15, 0.2) is 23.1 Å². The van der Waals surface area contributed by atoms with Gasteiger partial charge in [0.15, 0.2) is 5.82 Å². The van der Waals surface area contributed by atoms with Gasteiger partial charge in [0, 0.05) is 13.2 Å². The Hall–Kier alpha value is -3.28. The number of halogens is 2. The fourth-order valence-corrected chi connectivity index (χ4v) is 3.95. The maximum Gasteiger partial charge on any atom is 0.264 e. The van der Waals surface area contributed by atoms with E-state index in [4.69, 9.17) is 5.73 Å². The summed E-state index contributed by atoms with van der Waals surface area (Å²) in [5, 5.41) is -0.192. The SMILES string of the molecule is CCCS(=O)(=O)Nc1ccc(F)c(C(=O)c2c[nH]c3nc(N)n(C)c(=O)c23)c1F. The molecule has 0 aliphatic rings. The molecule has 0 saturated carbocycles. The number of hydrogen-bond donors (Lipinski definition) is 3. The van der Waals surface area contributed by atoms with E-state index in [1.165, 1.54) is 7.05 Å². The zero-order valence-corrected chi connectivity index (χ0v) is 16.2. The molecule has 0 fully saturated rings. The van der Waals surface area contributed by atoms with Gasteiger partial charge in [-0.3, -0.25) is 18.9 Å². The summed E-state index contributed by atoms with van der Waals surface area (Å²) in [5.41, 5.74) is 3.01. The van der Waals surface area contributed by atoms with Gasteiger partial charge in [0.25, 0.3) is 5.56 Å². The summed E-state index contributed by atoms with van der Waals surface area (Å²) >= 11 is 0. The third-order valence-electron chi connectivity index (χ3n) is 4.25. The minimum Gasteiger partial charge on any atom is -0.369 e. The molecule has 0 atom stereocenters. The number of anilines is 2. The zero-order valence-electron chi connectivity index (χ0n) is 15.4. The highest BCUT2D eigenvalue weighted by molar-refractivity contribution is 7.92. The van der Waals surface area contributed by atoms with E-state index in [2.05, 4.69) is 9.97 Å². The molecule has 0 aliphatic carbocycles. The number of nitrogen functional groups attached to an aromatic ring is 1. The Morgan fingerprint density at radius 1 is 1.34 bits per heavy atom. The van der Waals surface area contributed by atoms with E-state index < -0.39 is 44.3 Å². The first-order valence-corrected chi connectivity index (χ1v) is 10.1. The van der Waals surface area contributed by atoms with Gasteiger partial charge in [-0.1, -0.05) is 6.92 Å². The summed E-state index contributed by atoms with van der Waals surface area (Å²) in [5.74, 6) is -4.14. The van der Waals surface area contributed by atoms with Crippen molar-refractivity contribution in [3.63, 3.8) is 0 Å². The highest BCUT2D eigenvalue weighted by Gasteiger charge is 2.27. The highest BCUT2D eigenvalue weighted by Crippen LogP contribution is 2.26. The summed E-state index contributed by atoms with van der Waals surface area (Å²) < 4.78 is 56.0. The maximum atomic E-state index is 14.9. The molecule has 154 valence electrons. The summed E-state index contributed by atoms with van der Waals surface area (Å²) in [6.07, 6.45) is 1.37. The van der Waals surface area contributed by atoms with Gasteiger partial charge in [-0.05, 0) is 18.6 Å². The van der Waals surface area contributed by atoms with Gasteiger partial charge < -0.3 is 10.7 Å². The van der Waals surface area contributed by atoms with E-state index in [0.29, 0.717) is 0 Å². The second-order valence-electron chi connectivity index (χ2n) is 6.29. The number of nitrogens with two attached hydrogens (primary N) is 1. The fourth-order valence-electron chi connectivity index (χ4n) is 2.82. The predicted molar refractivity (Wildman–Crippen MR) is 103 cm³/mol. The Morgan fingerprint density at radius 3 is 2.69 bits per heavy atom. The van der Waals surface area contributed by atoms with Crippen LogP contribution < -0.4 is 16.0 Å². The average Bonchev–Trinajstić information content (AvgIpc) is 3.06. The van der Waals surface area contributed by atoms with Crippen molar-refractivity contribution in [2.75, 3.05) is 16.2 Å². The van der Waals surface area contributed by atoms with Gasteiger partial charge in [0.2, 0.25) is 21.8 Å². The van der Waals surface area contributed by atoms with Crippen LogP contribution in [0.25, 0.3) is 11.0 Å². The van der Waals surface area contributed by atoms with E-state index in [-0.39, 0.29) is 34.7 Å². The van der Waals surface area contributed by atoms with Crippen molar-refractivity contribution in [2.24, 2.45) is 7.05 Å². The Balaban J connectivity index is 2.16. The number of H-pyrrole nitrogens is 1. The normalized spacial score (nSPS) is 11.7. The molecular formula is C17H17F2N5O4S. The van der Waals surface area contributed by atoms with Crippen LogP contribution >= 0.6 is 0 Å². The molecule has 0 bridgehead atoms. The number of sulfonamides is 1. The summed E-state index contributed by atoms with van der Waals surface area (Å²) in [6.45, 7) is 1.62. The van der Waals surface area contributed by atoms with Crippen molar-refractivity contribution in [2.45, 2.75) is 13.3 Å². The van der Waals surface area contributed by atoms with Crippen molar-refractivity contribution in [1.82, 2.24) is 14.5 Å². The number of rotatable bonds is 6. The van der Waals surface area contributed by atoms with E-state index >= 15 is 0 Å². The van der Waals surface area contributed by atoms with E-state index in [0.717, 1.165) is 22.9 Å². The average molecular weight is 425 g/mol. The van der Waals surface area contributed by atoms with Gasteiger partial charge in [-0.25, -0.2) is 17.2 Å². The Kier molecular flexibility index (Phi) is 5.13. The lowest BCUT2D eigenvalue weighted by atomic mass is 10.0. The number of aromatic nitrogens is 3. The first kappa shape index (κ1) is 20.5. The summed E-state index contributed by atoms with van der Waals surface area (Å²) in [7, 11) is -2.55. The standard InChI is InChI=1S/C17H17F2N5O4S/c1-3-6-29(27,28)23-10-5-4-9(18)12(13(10)19)14(25)8-7-21-15-11(8)16(26)24(2)17(20)22-15/h4-5,7,21,23H,3,6H2,1-2H3,(H2,20,22). The smallest absolute Gasteiger partial charge is 0.264 e. The number of benzene rings is 1. The molecule has 3 aromatic rings. The van der Waals surface area contributed by atoms with E-state index in [1.54, 1.807) is 6.92 Å².